The van der Waals surface area contributed by atoms with E-state index in [4.69, 9.17) is 23.4 Å². The molecule has 2 aliphatic rings. The monoisotopic (exact) mass is 610 g/mol. The summed E-state index contributed by atoms with van der Waals surface area (Å²) >= 11 is 0. The number of benzene rings is 2. The van der Waals surface area contributed by atoms with Crippen LogP contribution in [0, 0.1) is 0 Å². The van der Waals surface area contributed by atoms with E-state index in [0.717, 1.165) is 18.2 Å². The minimum absolute atomic E-state index is 0.0257. The molecule has 234 valence electrons. The smallest absolute Gasteiger partial charge is 0.229 e. The van der Waals surface area contributed by atoms with Crippen molar-refractivity contribution in [3.63, 3.8) is 0 Å². The van der Waals surface area contributed by atoms with Crippen molar-refractivity contribution in [2.45, 2.75) is 61.4 Å². The summed E-state index contributed by atoms with van der Waals surface area (Å²) in [5, 5.41) is 100. The van der Waals surface area contributed by atoms with E-state index in [0.29, 0.717) is 0 Å². The lowest BCUT2D eigenvalue weighted by Crippen LogP contribution is -2.62. The molecule has 2 saturated heterocycles. The van der Waals surface area contributed by atoms with Gasteiger partial charge in [-0.05, 0) is 18.2 Å². The number of phenols is 3. The molecule has 10 N–H and O–H groups in total. The van der Waals surface area contributed by atoms with Crippen LogP contribution in [0.1, 0.15) is 0 Å². The highest BCUT2D eigenvalue weighted by Gasteiger charge is 2.48. The second-order valence-corrected chi connectivity index (χ2v) is 10.2. The van der Waals surface area contributed by atoms with Crippen LogP contribution in [0.2, 0.25) is 0 Å². The maximum Gasteiger partial charge on any atom is 0.229 e. The summed E-state index contributed by atoms with van der Waals surface area (Å²) in [7, 11) is 0. The van der Waals surface area contributed by atoms with Gasteiger partial charge < -0.3 is 74.4 Å². The third-order valence-electron chi connectivity index (χ3n) is 7.24. The number of hydrogen-bond donors (Lipinski definition) is 10. The fourth-order valence-electron chi connectivity index (χ4n) is 4.81. The highest BCUT2D eigenvalue weighted by atomic mass is 16.7. The molecule has 2 aliphatic heterocycles. The highest BCUT2D eigenvalue weighted by molar-refractivity contribution is 5.86. The maximum absolute atomic E-state index is 12.7. The molecule has 5 rings (SSSR count). The normalized spacial score (nSPS) is 33.0. The van der Waals surface area contributed by atoms with Gasteiger partial charge in [-0.3, -0.25) is 4.79 Å². The number of phenolic OH excluding ortho intramolecular Hbond substituents is 3. The molecule has 0 bridgehead atoms. The SMILES string of the molecule is O=c1cc(-c2ccc(O)c(O)c2)oc2cc(O[C@@H]3OC(CO[C@@H]4OC(CO)[C@H](O)[C@H](O)C4O)[C@H](O)[C@H](O)C3O)cc(O)c12. The van der Waals surface area contributed by atoms with Gasteiger partial charge in [0.25, 0.3) is 0 Å². The molecule has 0 amide bonds. The van der Waals surface area contributed by atoms with Crippen molar-refractivity contribution in [2.75, 3.05) is 13.2 Å². The minimum atomic E-state index is -1.83. The molecule has 0 aliphatic carbocycles. The fourth-order valence-corrected chi connectivity index (χ4v) is 4.81. The average Bonchev–Trinajstić information content (AvgIpc) is 2.97. The second kappa shape index (κ2) is 12.2. The first-order valence-corrected chi connectivity index (χ1v) is 13.0. The second-order valence-electron chi connectivity index (χ2n) is 10.2. The van der Waals surface area contributed by atoms with Gasteiger partial charge in [-0.15, -0.1) is 0 Å². The molecule has 16 heteroatoms. The zero-order chi connectivity index (χ0) is 31.2. The Kier molecular flexibility index (Phi) is 8.77. The van der Waals surface area contributed by atoms with E-state index in [-0.39, 0.29) is 28.0 Å². The Labute approximate surface area is 241 Å². The van der Waals surface area contributed by atoms with Gasteiger partial charge in [-0.25, -0.2) is 0 Å². The molecule has 0 spiro atoms. The van der Waals surface area contributed by atoms with Gasteiger partial charge in [0.2, 0.25) is 6.29 Å². The van der Waals surface area contributed by atoms with Crippen molar-refractivity contribution in [1.29, 1.82) is 0 Å². The zero-order valence-corrected chi connectivity index (χ0v) is 22.1. The standard InChI is InChI=1S/C27H30O16/c28-7-17-20(33)22(35)24(37)26(42-17)39-8-18-21(34)23(36)25(38)27(43-18)40-10-4-13(31)19-14(32)6-15(41-16(19)5-10)9-1-2-11(29)12(30)3-9/h1-6,17-18,20-31,33-38H,7-8H2/t17?,18?,20-,21-,22-,23-,24?,25?,26+,27+/m0/s1. The predicted octanol–water partition coefficient (Wildman–Crippen LogP) is -2.42. The summed E-state index contributed by atoms with van der Waals surface area (Å²) in [4.78, 5) is 12.7. The van der Waals surface area contributed by atoms with Crippen molar-refractivity contribution in [3.05, 3.63) is 46.6 Å². The number of aliphatic hydroxyl groups excluding tert-OH is 7. The van der Waals surface area contributed by atoms with Gasteiger partial charge in [-0.1, -0.05) is 0 Å². The third kappa shape index (κ3) is 5.98. The Morgan fingerprint density at radius 1 is 0.698 bits per heavy atom. The van der Waals surface area contributed by atoms with E-state index in [1.54, 1.807) is 0 Å². The quantitative estimate of drug-likeness (QED) is 0.125. The van der Waals surface area contributed by atoms with Crippen LogP contribution in [-0.4, -0.2) is 126 Å². The molecule has 10 atom stereocenters. The lowest BCUT2D eigenvalue weighted by molar-refractivity contribution is -0.323. The van der Waals surface area contributed by atoms with Crippen LogP contribution in [-0.2, 0) is 14.2 Å². The Balaban J connectivity index is 1.36. The molecule has 2 aromatic carbocycles. The van der Waals surface area contributed by atoms with Crippen LogP contribution < -0.4 is 10.2 Å². The van der Waals surface area contributed by atoms with Crippen molar-refractivity contribution >= 4 is 11.0 Å². The summed E-state index contributed by atoms with van der Waals surface area (Å²) in [6, 6.07) is 7.01. The van der Waals surface area contributed by atoms with Gasteiger partial charge in [0.1, 0.15) is 77.1 Å². The van der Waals surface area contributed by atoms with E-state index in [2.05, 4.69) is 0 Å². The van der Waals surface area contributed by atoms with Crippen molar-refractivity contribution in [1.82, 2.24) is 0 Å². The van der Waals surface area contributed by atoms with Crippen LogP contribution in [0.5, 0.6) is 23.0 Å². The van der Waals surface area contributed by atoms with Gasteiger partial charge in [0, 0.05) is 23.8 Å². The molecule has 0 radical (unpaired) electrons. The summed E-state index contributed by atoms with van der Waals surface area (Å²) in [6.45, 7) is -1.29. The number of hydrogen-bond acceptors (Lipinski definition) is 16. The topological polar surface area (TPSA) is 269 Å². The molecular weight excluding hydrogens is 580 g/mol. The first-order chi connectivity index (χ1) is 20.4. The lowest BCUT2D eigenvalue weighted by atomic mass is 9.98. The number of rotatable bonds is 7. The third-order valence-corrected chi connectivity index (χ3v) is 7.24. The van der Waals surface area contributed by atoms with E-state index < -0.39 is 97.3 Å². The van der Waals surface area contributed by atoms with Crippen molar-refractivity contribution in [2.24, 2.45) is 0 Å². The van der Waals surface area contributed by atoms with E-state index >= 15 is 0 Å². The van der Waals surface area contributed by atoms with Gasteiger partial charge in [0.15, 0.2) is 23.2 Å². The van der Waals surface area contributed by atoms with Gasteiger partial charge >= 0.3 is 0 Å². The summed E-state index contributed by atoms with van der Waals surface area (Å²) in [5.41, 5.74) is -0.588. The Morgan fingerprint density at radius 3 is 2.02 bits per heavy atom. The summed E-state index contributed by atoms with van der Waals surface area (Å²) in [5.74, 6) is -1.64. The fraction of sp³-hybridized carbons (Fsp3) is 0.444. The molecule has 43 heavy (non-hydrogen) atoms. The van der Waals surface area contributed by atoms with Crippen molar-refractivity contribution in [3.8, 4) is 34.3 Å². The number of ether oxygens (including phenoxy) is 4. The Morgan fingerprint density at radius 2 is 1.35 bits per heavy atom. The average molecular weight is 611 g/mol. The van der Waals surface area contributed by atoms with Crippen LogP contribution in [0.4, 0.5) is 0 Å². The molecule has 4 unspecified atom stereocenters. The Hall–Kier alpha value is -3.55. The van der Waals surface area contributed by atoms with E-state index in [1.165, 1.54) is 18.2 Å². The van der Waals surface area contributed by atoms with Crippen LogP contribution >= 0.6 is 0 Å². The number of aromatic hydroxyl groups is 3. The zero-order valence-electron chi connectivity index (χ0n) is 22.1. The number of fused-ring (bicyclic) bond motifs is 1. The molecule has 1 aromatic heterocycles. The van der Waals surface area contributed by atoms with Crippen LogP contribution in [0.25, 0.3) is 22.3 Å². The summed E-state index contributed by atoms with van der Waals surface area (Å²) < 4.78 is 27.6. The molecule has 0 saturated carbocycles. The highest BCUT2D eigenvalue weighted by Crippen LogP contribution is 2.35. The maximum atomic E-state index is 12.7. The first kappa shape index (κ1) is 30.9. The van der Waals surface area contributed by atoms with Crippen LogP contribution in [0.15, 0.2) is 45.6 Å². The Bertz CT molecular complexity index is 1510. The first-order valence-electron chi connectivity index (χ1n) is 13.0. The van der Waals surface area contributed by atoms with E-state index in [9.17, 15) is 55.9 Å². The minimum Gasteiger partial charge on any atom is -0.507 e. The number of aliphatic hydroxyl groups is 7. The van der Waals surface area contributed by atoms with Gasteiger partial charge in [0.05, 0.1) is 13.2 Å². The predicted molar refractivity (Wildman–Crippen MR) is 140 cm³/mol. The lowest BCUT2D eigenvalue weighted by Gasteiger charge is -2.42. The molecule has 3 heterocycles. The molecule has 3 aromatic rings. The van der Waals surface area contributed by atoms with E-state index in [1.807, 2.05) is 0 Å². The van der Waals surface area contributed by atoms with Crippen LogP contribution in [0.3, 0.4) is 0 Å². The largest absolute Gasteiger partial charge is 0.507 e. The molecular formula is C27H30O16. The van der Waals surface area contributed by atoms with Gasteiger partial charge in [-0.2, -0.15) is 0 Å². The summed E-state index contributed by atoms with van der Waals surface area (Å²) in [6.07, 6.45) is -16.4. The van der Waals surface area contributed by atoms with Crippen molar-refractivity contribution < 1.29 is 74.4 Å². The molecule has 16 nitrogen and oxygen atoms in total. The molecule has 2 fully saturated rings.